The number of rotatable bonds is 6. The second kappa shape index (κ2) is 9.48. The molecule has 9 heteroatoms. The summed E-state index contributed by atoms with van der Waals surface area (Å²) in [6.45, 7) is 3.23. The van der Waals surface area contributed by atoms with Gasteiger partial charge in [-0.3, -0.25) is 9.59 Å². The van der Waals surface area contributed by atoms with Crippen LogP contribution in [-0.2, 0) is 17.6 Å². The van der Waals surface area contributed by atoms with Gasteiger partial charge in [-0.25, -0.2) is 4.98 Å². The van der Waals surface area contributed by atoms with Crippen molar-refractivity contribution in [3.8, 4) is 0 Å². The van der Waals surface area contributed by atoms with Crippen LogP contribution in [0.5, 0.6) is 0 Å². The van der Waals surface area contributed by atoms with Crippen molar-refractivity contribution in [3.63, 3.8) is 0 Å². The van der Waals surface area contributed by atoms with Gasteiger partial charge in [0.1, 0.15) is 5.82 Å². The molecule has 1 aliphatic heterocycles. The van der Waals surface area contributed by atoms with E-state index in [1.165, 1.54) is 0 Å². The van der Waals surface area contributed by atoms with Gasteiger partial charge in [-0.15, -0.1) is 0 Å². The Morgan fingerprint density at radius 2 is 2.12 bits per heavy atom. The van der Waals surface area contributed by atoms with Crippen LogP contribution in [0.15, 0.2) is 35.1 Å². The highest BCUT2D eigenvalue weighted by atomic mass is 35.5. The summed E-state index contributed by atoms with van der Waals surface area (Å²) in [6.07, 6.45) is 2.06. The maximum absolute atomic E-state index is 13.0. The van der Waals surface area contributed by atoms with Crippen molar-refractivity contribution in [1.82, 2.24) is 14.9 Å². The summed E-state index contributed by atoms with van der Waals surface area (Å²) in [4.78, 5) is 34.4. The lowest BCUT2D eigenvalue weighted by molar-refractivity contribution is -0.131. The van der Waals surface area contributed by atoms with Gasteiger partial charge in [-0.05, 0) is 67.8 Å². The average molecular weight is 474 g/mol. The quantitative estimate of drug-likeness (QED) is 0.506. The van der Waals surface area contributed by atoms with Crippen LogP contribution in [0.4, 0.5) is 5.69 Å². The zero-order valence-electron chi connectivity index (χ0n) is 17.8. The van der Waals surface area contributed by atoms with Gasteiger partial charge in [0.15, 0.2) is 0 Å². The summed E-state index contributed by atoms with van der Waals surface area (Å²) < 4.78 is 0. The summed E-state index contributed by atoms with van der Waals surface area (Å²) in [6, 6.07) is 8.78. The third-order valence-electron chi connectivity index (χ3n) is 5.82. The largest absolute Gasteiger partial charge is 0.376 e. The molecular formula is C23H25Cl2N5O2. The summed E-state index contributed by atoms with van der Waals surface area (Å²) in [7, 11) is 0. The number of carbonyl (C=O) groups excluding carboxylic acids is 1. The van der Waals surface area contributed by atoms with Crippen LogP contribution in [0.1, 0.15) is 36.3 Å². The predicted molar refractivity (Wildman–Crippen MR) is 129 cm³/mol. The summed E-state index contributed by atoms with van der Waals surface area (Å²) >= 11 is 12.5. The van der Waals surface area contributed by atoms with Crippen LogP contribution in [0, 0.1) is 0 Å². The number of hydrogen-bond donors (Lipinski definition) is 3. The first-order valence-electron chi connectivity index (χ1n) is 10.6. The van der Waals surface area contributed by atoms with E-state index in [0.29, 0.717) is 52.7 Å². The molecule has 0 saturated carbocycles. The molecule has 7 nitrogen and oxygen atoms in total. The number of halogens is 2. The lowest BCUT2D eigenvalue weighted by atomic mass is 9.93. The molecule has 2 aromatic carbocycles. The van der Waals surface area contributed by atoms with Crippen molar-refractivity contribution in [2.45, 2.75) is 32.2 Å². The lowest BCUT2D eigenvalue weighted by Crippen LogP contribution is -2.41. The van der Waals surface area contributed by atoms with Crippen molar-refractivity contribution in [3.05, 3.63) is 67.7 Å². The number of nitrogens with zero attached hydrogens (tertiary/aromatic N) is 2. The van der Waals surface area contributed by atoms with E-state index in [2.05, 4.69) is 15.3 Å². The highest BCUT2D eigenvalue weighted by Gasteiger charge is 2.29. The number of nitrogens with one attached hydrogen (secondary N) is 2. The minimum absolute atomic E-state index is 0.0308. The number of aryl methyl sites for hydroxylation is 1. The summed E-state index contributed by atoms with van der Waals surface area (Å²) in [5.41, 5.74) is 8.73. The number of anilines is 1. The number of aromatic amines is 1. The first-order chi connectivity index (χ1) is 15.4. The molecule has 168 valence electrons. The first-order valence-corrected chi connectivity index (χ1v) is 11.4. The number of nitrogens with two attached hydrogens (primary N) is 1. The SMILES string of the molecule is CC1c2c(Cl)cc(Cl)cc2CCN1C(=O)CNc1ccc2c(=O)[nH]c(CCCN)nc2c1. The maximum atomic E-state index is 13.0. The van der Waals surface area contributed by atoms with E-state index in [-0.39, 0.29) is 24.1 Å². The minimum Gasteiger partial charge on any atom is -0.376 e. The number of aromatic nitrogens is 2. The van der Waals surface area contributed by atoms with E-state index >= 15 is 0 Å². The molecule has 1 unspecified atom stereocenters. The van der Waals surface area contributed by atoms with Gasteiger partial charge >= 0.3 is 0 Å². The fraction of sp³-hybridized carbons (Fsp3) is 0.348. The van der Waals surface area contributed by atoms with Gasteiger partial charge in [0, 0.05) is 28.7 Å². The Bertz CT molecular complexity index is 1230. The monoisotopic (exact) mass is 473 g/mol. The van der Waals surface area contributed by atoms with Crippen molar-refractivity contribution in [1.29, 1.82) is 0 Å². The number of hydrogen-bond acceptors (Lipinski definition) is 5. The fourth-order valence-corrected chi connectivity index (χ4v) is 4.90. The van der Waals surface area contributed by atoms with Gasteiger partial charge in [0.05, 0.1) is 23.5 Å². The van der Waals surface area contributed by atoms with Crippen LogP contribution in [-0.4, -0.2) is 40.4 Å². The summed E-state index contributed by atoms with van der Waals surface area (Å²) in [5.74, 6) is 0.579. The maximum Gasteiger partial charge on any atom is 0.258 e. The summed E-state index contributed by atoms with van der Waals surface area (Å²) in [5, 5.41) is 4.87. The van der Waals surface area contributed by atoms with Crippen LogP contribution >= 0.6 is 23.2 Å². The van der Waals surface area contributed by atoms with E-state index in [1.807, 2.05) is 17.9 Å². The van der Waals surface area contributed by atoms with Crippen LogP contribution in [0.2, 0.25) is 10.0 Å². The molecule has 4 rings (SSSR count). The first kappa shape index (κ1) is 22.6. The highest BCUT2D eigenvalue weighted by molar-refractivity contribution is 6.35. The van der Waals surface area contributed by atoms with E-state index in [9.17, 15) is 9.59 Å². The molecule has 3 aromatic rings. The molecule has 0 spiro atoms. The molecule has 0 saturated heterocycles. The van der Waals surface area contributed by atoms with Gasteiger partial charge in [-0.1, -0.05) is 23.2 Å². The third kappa shape index (κ3) is 4.60. The van der Waals surface area contributed by atoms with Crippen molar-refractivity contribution in [2.75, 3.05) is 25.0 Å². The average Bonchev–Trinajstić information content (AvgIpc) is 2.75. The molecule has 1 aromatic heterocycles. The number of carbonyl (C=O) groups is 1. The van der Waals surface area contributed by atoms with Crippen LogP contribution in [0.25, 0.3) is 10.9 Å². The smallest absolute Gasteiger partial charge is 0.258 e. The molecule has 2 heterocycles. The zero-order valence-corrected chi connectivity index (χ0v) is 19.3. The highest BCUT2D eigenvalue weighted by Crippen LogP contribution is 2.36. The Labute approximate surface area is 195 Å². The fourth-order valence-electron chi connectivity index (χ4n) is 4.21. The van der Waals surface area contributed by atoms with Crippen LogP contribution in [0.3, 0.4) is 0 Å². The molecular weight excluding hydrogens is 449 g/mol. The number of benzene rings is 2. The lowest BCUT2D eigenvalue weighted by Gasteiger charge is -2.36. The minimum atomic E-state index is -0.178. The Balaban J connectivity index is 1.48. The normalized spacial score (nSPS) is 15.6. The Hall–Kier alpha value is -2.61. The Morgan fingerprint density at radius 1 is 1.31 bits per heavy atom. The second-order valence-corrected chi connectivity index (χ2v) is 8.81. The number of H-pyrrole nitrogens is 1. The molecule has 0 bridgehead atoms. The van der Waals surface area contributed by atoms with Gasteiger partial charge in [0.25, 0.3) is 5.56 Å². The number of fused-ring (bicyclic) bond motifs is 2. The number of amides is 1. The van der Waals surface area contributed by atoms with E-state index < -0.39 is 0 Å². The van der Waals surface area contributed by atoms with E-state index in [1.54, 1.807) is 24.3 Å². The molecule has 4 N–H and O–H groups in total. The zero-order chi connectivity index (χ0) is 22.8. The van der Waals surface area contributed by atoms with E-state index in [4.69, 9.17) is 28.9 Å². The van der Waals surface area contributed by atoms with Gasteiger partial charge in [-0.2, -0.15) is 0 Å². The Kier molecular flexibility index (Phi) is 6.69. The molecule has 1 atom stereocenters. The molecule has 0 aliphatic carbocycles. The Morgan fingerprint density at radius 3 is 2.91 bits per heavy atom. The standard InChI is InChI=1S/C23H25Cl2N5O2/c1-13-22-14(9-15(24)10-18(22)25)6-8-30(13)21(31)12-27-16-4-5-17-19(11-16)28-20(3-2-7-26)29-23(17)32/h4-5,9-11,13,27H,2-3,6-8,12,26H2,1H3,(H,28,29,32). The van der Waals surface area contributed by atoms with Crippen molar-refractivity contribution >= 4 is 45.7 Å². The predicted octanol–water partition coefficient (Wildman–Crippen LogP) is 3.68. The van der Waals surface area contributed by atoms with Gasteiger partial charge < -0.3 is 20.9 Å². The van der Waals surface area contributed by atoms with Crippen molar-refractivity contribution < 1.29 is 4.79 Å². The van der Waals surface area contributed by atoms with E-state index in [0.717, 1.165) is 23.2 Å². The third-order valence-corrected chi connectivity index (χ3v) is 6.36. The molecule has 0 radical (unpaired) electrons. The molecule has 1 amide bonds. The second-order valence-electron chi connectivity index (χ2n) is 7.96. The topological polar surface area (TPSA) is 104 Å². The van der Waals surface area contributed by atoms with Crippen LogP contribution < -0.4 is 16.6 Å². The van der Waals surface area contributed by atoms with Gasteiger partial charge in [0.2, 0.25) is 5.91 Å². The molecule has 32 heavy (non-hydrogen) atoms. The molecule has 0 fully saturated rings. The van der Waals surface area contributed by atoms with Crippen molar-refractivity contribution in [2.24, 2.45) is 5.73 Å². The molecule has 1 aliphatic rings.